The predicted molar refractivity (Wildman–Crippen MR) is 70.6 cm³/mol. The van der Waals surface area contributed by atoms with Crippen molar-refractivity contribution >= 4 is 25.1 Å². The van der Waals surface area contributed by atoms with Gasteiger partial charge in [0.2, 0.25) is 0 Å². The van der Waals surface area contributed by atoms with E-state index in [2.05, 4.69) is 22.8 Å². The first kappa shape index (κ1) is 18.0. The zero-order valence-corrected chi connectivity index (χ0v) is 14.9. The van der Waals surface area contributed by atoms with Crippen LogP contribution in [0.15, 0.2) is 23.1 Å². The molecule has 1 aliphatic rings. The van der Waals surface area contributed by atoms with Crippen LogP contribution in [-0.4, -0.2) is 38.1 Å². The van der Waals surface area contributed by atoms with E-state index in [0.29, 0.717) is 17.0 Å². The molecule has 0 aliphatic carbocycles. The van der Waals surface area contributed by atoms with Crippen LogP contribution >= 0.6 is 12.6 Å². The first-order valence-electron chi connectivity index (χ1n) is 5.91. The maximum atomic E-state index is 12.7. The second kappa shape index (κ2) is 7.84. The number of nitrogens with one attached hydrogen (secondary N) is 1. The third-order valence-electron chi connectivity index (χ3n) is 2.99. The van der Waals surface area contributed by atoms with Crippen molar-refractivity contribution in [3.05, 3.63) is 23.8 Å². The average Bonchev–Trinajstić information content (AvgIpc) is 2.28. The Morgan fingerprint density at radius 2 is 1.79 bits per heavy atom. The Morgan fingerprint density at radius 3 is 2.37 bits per heavy atom. The van der Waals surface area contributed by atoms with Gasteiger partial charge < -0.3 is 18.3 Å². The van der Waals surface area contributed by atoms with Gasteiger partial charge in [0.25, 0.3) is 0 Å². The fourth-order valence-electron chi connectivity index (χ4n) is 2.11. The van der Waals surface area contributed by atoms with Crippen molar-refractivity contribution < 1.29 is 64.3 Å². The molecule has 0 radical (unpaired) electrons. The van der Waals surface area contributed by atoms with E-state index in [1.54, 1.807) is 6.07 Å². The van der Waals surface area contributed by atoms with Gasteiger partial charge in [-0.15, -0.1) is 18.1 Å². The van der Waals surface area contributed by atoms with Crippen LogP contribution < -0.4 is 62.2 Å². The number of piperazine rings is 1. The van der Waals surface area contributed by atoms with Crippen molar-refractivity contribution in [1.29, 1.82) is 0 Å². The van der Waals surface area contributed by atoms with Gasteiger partial charge in [-0.1, -0.05) is 12.1 Å². The molecule has 1 fully saturated rings. The van der Waals surface area contributed by atoms with Crippen LogP contribution in [0.5, 0.6) is 0 Å². The summed E-state index contributed by atoms with van der Waals surface area (Å²) in [5, 5.41) is 3.21. The summed E-state index contributed by atoms with van der Waals surface area (Å²) in [5.41, 5.74) is 0.117. The number of halogens is 3. The molecule has 1 aliphatic heterocycles. The van der Waals surface area contributed by atoms with Gasteiger partial charge >= 0.3 is 58.4 Å². The first-order valence-corrected chi connectivity index (χ1v) is 6.36. The number of benzene rings is 1. The van der Waals surface area contributed by atoms with Gasteiger partial charge in [0.15, 0.2) is 0 Å². The van der Waals surface area contributed by atoms with E-state index in [1.807, 2.05) is 0 Å². The van der Waals surface area contributed by atoms with Crippen LogP contribution in [0.25, 0.3) is 0 Å². The molecule has 0 aromatic heterocycles. The summed E-state index contributed by atoms with van der Waals surface area (Å²) in [6.45, 7) is -0.903. The Bertz CT molecular complexity index is 425. The van der Waals surface area contributed by atoms with E-state index in [-0.39, 0.29) is 51.4 Å². The Labute approximate surface area is 159 Å². The number of thiol groups is 1. The Morgan fingerprint density at radius 1 is 1.16 bits per heavy atom. The van der Waals surface area contributed by atoms with Gasteiger partial charge in [-0.2, -0.15) is 0 Å². The SMILES string of the molecule is F[B-](F)(F)c1cc(S)cc(CN2CCNCC2)c1.[K+]. The standard InChI is InChI=1S/C11H15BF3N2S.K/c13-12(14,15)10-5-9(6-11(18)7-10)8-17-3-1-16-2-4-17;/h5-7,16,18H,1-4,8H2;/q-1;+1. The van der Waals surface area contributed by atoms with Gasteiger partial charge in [0.05, 0.1) is 0 Å². The first-order chi connectivity index (χ1) is 8.45. The maximum absolute atomic E-state index is 12.7. The zero-order valence-electron chi connectivity index (χ0n) is 10.9. The van der Waals surface area contributed by atoms with Crippen molar-refractivity contribution in [1.82, 2.24) is 10.2 Å². The molecule has 2 rings (SSSR count). The summed E-state index contributed by atoms with van der Waals surface area (Å²) in [5.74, 6) is 0. The molecule has 0 saturated carbocycles. The van der Waals surface area contributed by atoms with Crippen LogP contribution in [0.3, 0.4) is 0 Å². The minimum atomic E-state index is -4.95. The Hall–Kier alpha value is 0.981. The zero-order chi connectivity index (χ0) is 13.2. The summed E-state index contributed by atoms with van der Waals surface area (Å²) in [6, 6.07) is 4.03. The van der Waals surface area contributed by atoms with Crippen molar-refractivity contribution in [3.63, 3.8) is 0 Å². The molecule has 100 valence electrons. The van der Waals surface area contributed by atoms with Crippen LogP contribution in [0.1, 0.15) is 5.56 Å². The normalized spacial score (nSPS) is 17.1. The minimum absolute atomic E-state index is 0. The van der Waals surface area contributed by atoms with Gasteiger partial charge in [-0.3, -0.25) is 4.90 Å². The third-order valence-corrected chi connectivity index (χ3v) is 3.25. The predicted octanol–water partition coefficient (Wildman–Crippen LogP) is -1.56. The molecule has 1 saturated heterocycles. The van der Waals surface area contributed by atoms with Gasteiger partial charge in [-0.05, 0) is 11.6 Å². The summed E-state index contributed by atoms with van der Waals surface area (Å²) in [6.07, 6.45) is 0. The van der Waals surface area contributed by atoms with Crippen molar-refractivity contribution in [2.24, 2.45) is 0 Å². The van der Waals surface area contributed by atoms with E-state index in [9.17, 15) is 12.9 Å². The minimum Gasteiger partial charge on any atom is -0.445 e. The summed E-state index contributed by atoms with van der Waals surface area (Å²) >= 11 is 4.05. The molecule has 0 spiro atoms. The molecule has 1 aromatic rings. The van der Waals surface area contributed by atoms with Gasteiger partial charge in [0, 0.05) is 37.6 Å². The topological polar surface area (TPSA) is 15.3 Å². The Balaban J connectivity index is 0.00000180. The number of rotatable bonds is 3. The second-order valence-corrected chi connectivity index (χ2v) is 5.05. The van der Waals surface area contributed by atoms with Crippen molar-refractivity contribution in [2.45, 2.75) is 11.4 Å². The van der Waals surface area contributed by atoms with Crippen molar-refractivity contribution in [2.75, 3.05) is 26.2 Å². The summed E-state index contributed by atoms with van der Waals surface area (Å²) in [7, 11) is 0. The molecular formula is C11H15BF3KN2S. The third kappa shape index (κ3) is 5.70. The van der Waals surface area contributed by atoms with Crippen LogP contribution in [0.2, 0.25) is 0 Å². The summed E-state index contributed by atoms with van der Waals surface area (Å²) < 4.78 is 38.2. The molecule has 1 heterocycles. The monoisotopic (exact) mass is 314 g/mol. The second-order valence-electron chi connectivity index (χ2n) is 4.53. The molecule has 0 amide bonds. The molecule has 0 unspecified atom stereocenters. The fraction of sp³-hybridized carbons (Fsp3) is 0.455. The summed E-state index contributed by atoms with van der Waals surface area (Å²) in [4.78, 5) is 2.52. The number of nitrogens with zero attached hydrogens (tertiary/aromatic N) is 1. The van der Waals surface area contributed by atoms with E-state index in [0.717, 1.165) is 32.2 Å². The van der Waals surface area contributed by atoms with Crippen molar-refractivity contribution in [3.8, 4) is 0 Å². The molecule has 8 heteroatoms. The van der Waals surface area contributed by atoms with E-state index in [4.69, 9.17) is 0 Å². The molecule has 0 bridgehead atoms. The van der Waals surface area contributed by atoms with Gasteiger partial charge in [-0.25, -0.2) is 0 Å². The number of hydrogen-bond acceptors (Lipinski definition) is 3. The molecule has 2 nitrogen and oxygen atoms in total. The fourth-order valence-corrected chi connectivity index (χ4v) is 2.42. The van der Waals surface area contributed by atoms with E-state index < -0.39 is 12.4 Å². The molecule has 1 N–H and O–H groups in total. The van der Waals surface area contributed by atoms with Crippen LogP contribution in [0.4, 0.5) is 12.9 Å². The molecule has 1 aromatic carbocycles. The quantitative estimate of drug-likeness (QED) is 0.518. The van der Waals surface area contributed by atoms with E-state index in [1.165, 1.54) is 6.07 Å². The van der Waals surface area contributed by atoms with E-state index >= 15 is 0 Å². The molecular weight excluding hydrogens is 299 g/mol. The maximum Gasteiger partial charge on any atom is 1.00 e. The van der Waals surface area contributed by atoms with Crippen LogP contribution in [-0.2, 0) is 6.54 Å². The largest absolute Gasteiger partial charge is 1.00 e. The average molecular weight is 314 g/mol. The molecule has 19 heavy (non-hydrogen) atoms. The smallest absolute Gasteiger partial charge is 0.445 e. The van der Waals surface area contributed by atoms with Gasteiger partial charge in [0.1, 0.15) is 0 Å². The molecule has 0 atom stereocenters. The number of hydrogen-bond donors (Lipinski definition) is 2. The van der Waals surface area contributed by atoms with Crippen LogP contribution in [0, 0.1) is 0 Å². The Kier molecular flexibility index (Phi) is 7.44.